The van der Waals surface area contributed by atoms with Crippen LogP contribution < -0.4 is 15.6 Å². The quantitative estimate of drug-likeness (QED) is 0.504. The lowest BCUT2D eigenvalue weighted by Gasteiger charge is -2.12. The molecule has 2 N–H and O–H groups in total. The second-order valence-electron chi connectivity index (χ2n) is 5.35. The SMILES string of the molecule is COc1c(C(=O)NNC(=O)Cc2ccccc2)nc(Br)c2cccnc12. The number of ether oxygens (including phenoxy) is 1. The number of pyridine rings is 2. The standard InChI is InChI=1S/C18H15BrN4O3/c1-26-16-14-12(8-5-9-20-14)17(19)21-15(16)18(25)23-22-13(24)10-11-6-3-2-4-7-11/h2-9H,10H2,1H3,(H,22,24)(H,23,25). The lowest BCUT2D eigenvalue weighted by molar-refractivity contribution is -0.121. The summed E-state index contributed by atoms with van der Waals surface area (Å²) in [6.45, 7) is 0. The number of halogens is 1. The van der Waals surface area contributed by atoms with Gasteiger partial charge < -0.3 is 4.74 Å². The van der Waals surface area contributed by atoms with E-state index in [1.165, 1.54) is 7.11 Å². The third-order valence-corrected chi connectivity index (χ3v) is 4.22. The van der Waals surface area contributed by atoms with Crippen molar-refractivity contribution in [3.63, 3.8) is 0 Å². The average molecular weight is 415 g/mol. The topological polar surface area (TPSA) is 93.2 Å². The Balaban J connectivity index is 1.76. The maximum atomic E-state index is 12.5. The van der Waals surface area contributed by atoms with E-state index in [1.807, 2.05) is 36.4 Å². The van der Waals surface area contributed by atoms with Crippen LogP contribution in [0.3, 0.4) is 0 Å². The largest absolute Gasteiger partial charge is 0.492 e. The van der Waals surface area contributed by atoms with E-state index in [0.29, 0.717) is 15.5 Å². The highest BCUT2D eigenvalue weighted by Crippen LogP contribution is 2.31. The minimum atomic E-state index is -0.600. The van der Waals surface area contributed by atoms with Gasteiger partial charge in [0.2, 0.25) is 5.91 Å². The molecule has 2 aromatic heterocycles. The first-order valence-electron chi connectivity index (χ1n) is 7.71. The summed E-state index contributed by atoms with van der Waals surface area (Å²) >= 11 is 3.33. The van der Waals surface area contributed by atoms with E-state index in [-0.39, 0.29) is 23.8 Å². The van der Waals surface area contributed by atoms with E-state index < -0.39 is 5.91 Å². The molecule has 26 heavy (non-hydrogen) atoms. The molecule has 0 spiro atoms. The molecule has 2 amide bonds. The Hall–Kier alpha value is -3.00. The summed E-state index contributed by atoms with van der Waals surface area (Å²) in [6, 6.07) is 12.8. The van der Waals surface area contributed by atoms with Gasteiger partial charge in [0.25, 0.3) is 5.91 Å². The molecule has 0 aliphatic carbocycles. The number of nitrogens with zero attached hydrogens (tertiary/aromatic N) is 2. The lowest BCUT2D eigenvalue weighted by atomic mass is 10.1. The third kappa shape index (κ3) is 3.80. The average Bonchev–Trinajstić information content (AvgIpc) is 2.67. The number of hydrogen-bond donors (Lipinski definition) is 2. The predicted molar refractivity (Wildman–Crippen MR) is 99.5 cm³/mol. The van der Waals surface area contributed by atoms with E-state index in [1.54, 1.807) is 12.3 Å². The number of carbonyl (C=O) groups excluding carboxylic acids is 2. The van der Waals surface area contributed by atoms with Crippen molar-refractivity contribution in [1.29, 1.82) is 0 Å². The fourth-order valence-corrected chi connectivity index (χ4v) is 2.93. The van der Waals surface area contributed by atoms with Crippen molar-refractivity contribution in [2.45, 2.75) is 6.42 Å². The number of aromatic nitrogens is 2. The predicted octanol–water partition coefficient (Wildman–Crippen LogP) is 2.40. The van der Waals surface area contributed by atoms with Gasteiger partial charge in [-0.1, -0.05) is 30.3 Å². The first-order valence-corrected chi connectivity index (χ1v) is 8.50. The number of amides is 2. The molecule has 3 aromatic rings. The van der Waals surface area contributed by atoms with Gasteiger partial charge in [0.05, 0.1) is 13.5 Å². The van der Waals surface area contributed by atoms with E-state index in [9.17, 15) is 9.59 Å². The zero-order chi connectivity index (χ0) is 18.5. The van der Waals surface area contributed by atoms with E-state index >= 15 is 0 Å². The van der Waals surface area contributed by atoms with Gasteiger partial charge >= 0.3 is 0 Å². The number of hydrogen-bond acceptors (Lipinski definition) is 5. The van der Waals surface area contributed by atoms with Crippen molar-refractivity contribution in [1.82, 2.24) is 20.8 Å². The van der Waals surface area contributed by atoms with Crippen LogP contribution in [-0.2, 0) is 11.2 Å². The molecule has 0 saturated carbocycles. The molecule has 0 atom stereocenters. The Labute approximate surface area is 157 Å². The number of nitrogens with one attached hydrogen (secondary N) is 2. The van der Waals surface area contributed by atoms with Gasteiger partial charge in [-0.15, -0.1) is 0 Å². The number of benzene rings is 1. The second kappa shape index (κ2) is 7.92. The molecule has 0 bridgehead atoms. The van der Waals surface area contributed by atoms with Gasteiger partial charge in [-0.25, -0.2) is 4.98 Å². The number of rotatable bonds is 4. The van der Waals surface area contributed by atoms with Gasteiger partial charge in [-0.05, 0) is 33.6 Å². The molecular weight excluding hydrogens is 400 g/mol. The van der Waals surface area contributed by atoms with Crippen molar-refractivity contribution < 1.29 is 14.3 Å². The summed E-state index contributed by atoms with van der Waals surface area (Å²) in [5, 5.41) is 0.717. The highest BCUT2D eigenvalue weighted by atomic mass is 79.9. The van der Waals surface area contributed by atoms with Crippen molar-refractivity contribution in [3.05, 3.63) is 64.5 Å². The third-order valence-electron chi connectivity index (χ3n) is 3.61. The molecule has 0 fully saturated rings. The van der Waals surface area contributed by atoms with Gasteiger partial charge in [0.1, 0.15) is 10.1 Å². The Bertz CT molecular complexity index is 963. The molecule has 0 saturated heterocycles. The van der Waals surface area contributed by atoms with Crippen LogP contribution in [0.1, 0.15) is 16.1 Å². The van der Waals surface area contributed by atoms with Crippen molar-refractivity contribution in [2.24, 2.45) is 0 Å². The molecule has 1 aromatic carbocycles. The van der Waals surface area contributed by atoms with Gasteiger partial charge in [0.15, 0.2) is 11.4 Å². The minimum absolute atomic E-state index is 0.0191. The normalized spacial score (nSPS) is 10.4. The highest BCUT2D eigenvalue weighted by molar-refractivity contribution is 9.10. The van der Waals surface area contributed by atoms with Crippen LogP contribution in [0.25, 0.3) is 10.9 Å². The van der Waals surface area contributed by atoms with Crippen molar-refractivity contribution >= 4 is 38.6 Å². The summed E-state index contributed by atoms with van der Waals surface area (Å²) in [4.78, 5) is 32.9. The maximum Gasteiger partial charge on any atom is 0.292 e. The summed E-state index contributed by atoms with van der Waals surface area (Å²) in [5.41, 5.74) is 6.09. The Morgan fingerprint density at radius 1 is 1.12 bits per heavy atom. The maximum absolute atomic E-state index is 12.5. The molecular formula is C18H15BrN4O3. The van der Waals surface area contributed by atoms with Crippen LogP contribution >= 0.6 is 15.9 Å². The Morgan fingerprint density at radius 2 is 1.88 bits per heavy atom. The summed E-state index contributed by atoms with van der Waals surface area (Å²) in [5.74, 6) is -0.711. The number of fused-ring (bicyclic) bond motifs is 1. The fourth-order valence-electron chi connectivity index (χ4n) is 2.43. The van der Waals surface area contributed by atoms with Crippen LogP contribution in [0.2, 0.25) is 0 Å². The Morgan fingerprint density at radius 3 is 2.62 bits per heavy atom. The van der Waals surface area contributed by atoms with Crippen LogP contribution in [0.5, 0.6) is 5.75 Å². The lowest BCUT2D eigenvalue weighted by Crippen LogP contribution is -2.42. The molecule has 0 radical (unpaired) electrons. The molecule has 132 valence electrons. The van der Waals surface area contributed by atoms with E-state index in [0.717, 1.165) is 5.56 Å². The summed E-state index contributed by atoms with van der Waals surface area (Å²) in [7, 11) is 1.43. The first kappa shape index (κ1) is 17.8. The molecule has 0 aliphatic rings. The Kier molecular flexibility index (Phi) is 5.43. The molecule has 8 heteroatoms. The van der Waals surface area contributed by atoms with Gasteiger partial charge in [-0.2, -0.15) is 0 Å². The fraction of sp³-hybridized carbons (Fsp3) is 0.111. The van der Waals surface area contributed by atoms with Crippen LogP contribution in [0.15, 0.2) is 53.3 Å². The molecule has 0 unspecified atom stereocenters. The van der Waals surface area contributed by atoms with Crippen LogP contribution in [0, 0.1) is 0 Å². The zero-order valence-electron chi connectivity index (χ0n) is 13.8. The van der Waals surface area contributed by atoms with Crippen molar-refractivity contribution in [3.8, 4) is 5.75 Å². The molecule has 0 aliphatic heterocycles. The minimum Gasteiger partial charge on any atom is -0.492 e. The summed E-state index contributed by atoms with van der Waals surface area (Å²) in [6.07, 6.45) is 1.75. The van der Waals surface area contributed by atoms with Gasteiger partial charge in [0, 0.05) is 11.6 Å². The molecule has 7 nitrogen and oxygen atoms in total. The number of hydrazine groups is 1. The molecule has 3 rings (SSSR count). The number of carbonyl (C=O) groups is 2. The highest BCUT2D eigenvalue weighted by Gasteiger charge is 2.20. The summed E-state index contributed by atoms with van der Waals surface area (Å²) < 4.78 is 5.78. The molecule has 2 heterocycles. The monoisotopic (exact) mass is 414 g/mol. The van der Waals surface area contributed by atoms with Crippen LogP contribution in [-0.4, -0.2) is 28.9 Å². The zero-order valence-corrected chi connectivity index (χ0v) is 15.4. The van der Waals surface area contributed by atoms with Crippen molar-refractivity contribution in [2.75, 3.05) is 7.11 Å². The van der Waals surface area contributed by atoms with Crippen LogP contribution in [0.4, 0.5) is 0 Å². The number of methoxy groups -OCH3 is 1. The first-order chi connectivity index (χ1) is 12.6. The smallest absolute Gasteiger partial charge is 0.292 e. The van der Waals surface area contributed by atoms with E-state index in [2.05, 4.69) is 36.7 Å². The van der Waals surface area contributed by atoms with E-state index in [4.69, 9.17) is 4.74 Å². The second-order valence-corrected chi connectivity index (χ2v) is 6.10. The van der Waals surface area contributed by atoms with Gasteiger partial charge in [-0.3, -0.25) is 25.4 Å².